The Balaban J connectivity index is 1.30. The molecule has 0 bridgehead atoms. The molecular weight excluding hydrogens is 427 g/mol. The van der Waals surface area contributed by atoms with Gasteiger partial charge in [-0.05, 0) is 48.5 Å². The highest BCUT2D eigenvalue weighted by Gasteiger charge is 2.10. The van der Waals surface area contributed by atoms with Crippen molar-refractivity contribution in [2.75, 3.05) is 16.0 Å². The van der Waals surface area contributed by atoms with E-state index < -0.39 is 0 Å². The van der Waals surface area contributed by atoms with Crippen molar-refractivity contribution in [1.82, 2.24) is 4.98 Å². The second kappa shape index (κ2) is 9.84. The van der Waals surface area contributed by atoms with E-state index in [2.05, 4.69) is 20.9 Å². The summed E-state index contributed by atoms with van der Waals surface area (Å²) in [5.74, 6) is -0.545. The zero-order valence-corrected chi connectivity index (χ0v) is 17.7. The number of carbonyl (C=O) groups excluding carboxylic acids is 2. The van der Waals surface area contributed by atoms with Crippen LogP contribution in [0.4, 0.5) is 26.2 Å². The number of para-hydroxylation sites is 1. The molecule has 0 saturated heterocycles. The molecule has 1 heterocycles. The van der Waals surface area contributed by atoms with Crippen LogP contribution in [0.5, 0.6) is 0 Å². The summed E-state index contributed by atoms with van der Waals surface area (Å²) in [5.41, 5.74) is 3.18. The molecule has 0 radical (unpaired) electrons. The highest BCUT2D eigenvalue weighted by molar-refractivity contribution is 7.13. The SMILES string of the molecule is O=C(Cc1csc(-c2cccc(F)c2)n1)Nc1ccc(NC(=O)Nc2ccccc2)cc1. The predicted octanol–water partition coefficient (Wildman–Crippen LogP) is 5.77. The third-order valence-electron chi connectivity index (χ3n) is 4.42. The van der Waals surface area contributed by atoms with Crippen LogP contribution in [0.3, 0.4) is 0 Å². The van der Waals surface area contributed by atoms with Gasteiger partial charge < -0.3 is 16.0 Å². The molecule has 0 aliphatic rings. The maximum atomic E-state index is 13.4. The van der Waals surface area contributed by atoms with Crippen LogP contribution in [0.1, 0.15) is 5.69 Å². The van der Waals surface area contributed by atoms with Crippen molar-refractivity contribution in [3.05, 3.63) is 95.8 Å². The van der Waals surface area contributed by atoms with E-state index in [1.165, 1.54) is 23.5 Å². The fraction of sp³-hybridized carbons (Fsp3) is 0.0417. The van der Waals surface area contributed by atoms with Gasteiger partial charge in [0.2, 0.25) is 5.91 Å². The van der Waals surface area contributed by atoms with Gasteiger partial charge in [-0.2, -0.15) is 0 Å². The number of thiazole rings is 1. The minimum atomic E-state index is -0.356. The Bertz CT molecular complexity index is 1230. The Morgan fingerprint density at radius 1 is 0.812 bits per heavy atom. The lowest BCUT2D eigenvalue weighted by Gasteiger charge is -2.09. The minimum Gasteiger partial charge on any atom is -0.326 e. The van der Waals surface area contributed by atoms with E-state index in [4.69, 9.17) is 0 Å². The number of carbonyl (C=O) groups is 2. The van der Waals surface area contributed by atoms with Gasteiger partial charge in [0.25, 0.3) is 0 Å². The third-order valence-corrected chi connectivity index (χ3v) is 5.36. The minimum absolute atomic E-state index is 0.102. The summed E-state index contributed by atoms with van der Waals surface area (Å²) in [6.07, 6.45) is 0.102. The lowest BCUT2D eigenvalue weighted by atomic mass is 10.2. The highest BCUT2D eigenvalue weighted by atomic mass is 32.1. The number of anilines is 3. The molecule has 8 heteroatoms. The zero-order chi connectivity index (χ0) is 22.3. The second-order valence-electron chi connectivity index (χ2n) is 6.90. The number of nitrogens with one attached hydrogen (secondary N) is 3. The van der Waals surface area contributed by atoms with Crippen LogP contribution >= 0.6 is 11.3 Å². The molecule has 0 aliphatic heterocycles. The molecule has 6 nitrogen and oxygen atoms in total. The molecular formula is C24H19FN4O2S. The predicted molar refractivity (Wildman–Crippen MR) is 125 cm³/mol. The van der Waals surface area contributed by atoms with E-state index in [9.17, 15) is 14.0 Å². The number of amides is 3. The largest absolute Gasteiger partial charge is 0.326 e. The van der Waals surface area contributed by atoms with Crippen LogP contribution in [0.15, 0.2) is 84.2 Å². The monoisotopic (exact) mass is 446 g/mol. The quantitative estimate of drug-likeness (QED) is 0.351. The summed E-state index contributed by atoms with van der Waals surface area (Å²) in [4.78, 5) is 28.8. The molecule has 0 spiro atoms. The van der Waals surface area contributed by atoms with Crippen LogP contribution in [0.2, 0.25) is 0 Å². The van der Waals surface area contributed by atoms with E-state index in [0.717, 1.165) is 0 Å². The van der Waals surface area contributed by atoms with Crippen molar-refractivity contribution < 1.29 is 14.0 Å². The lowest BCUT2D eigenvalue weighted by Crippen LogP contribution is -2.19. The van der Waals surface area contributed by atoms with Gasteiger partial charge in [-0.15, -0.1) is 11.3 Å². The summed E-state index contributed by atoms with van der Waals surface area (Å²) in [6, 6.07) is 21.8. The molecule has 0 aliphatic carbocycles. The molecule has 1 aromatic heterocycles. The van der Waals surface area contributed by atoms with Crippen molar-refractivity contribution in [3.63, 3.8) is 0 Å². The molecule has 32 heavy (non-hydrogen) atoms. The summed E-state index contributed by atoms with van der Waals surface area (Å²) < 4.78 is 13.4. The number of urea groups is 1. The first-order chi connectivity index (χ1) is 15.5. The van der Waals surface area contributed by atoms with Crippen molar-refractivity contribution in [3.8, 4) is 10.6 Å². The summed E-state index contributed by atoms with van der Waals surface area (Å²) >= 11 is 1.36. The molecule has 3 N–H and O–H groups in total. The lowest BCUT2D eigenvalue weighted by molar-refractivity contribution is -0.115. The van der Waals surface area contributed by atoms with Gasteiger partial charge in [0.15, 0.2) is 0 Å². The molecule has 0 saturated carbocycles. The number of hydrogen-bond donors (Lipinski definition) is 3. The topological polar surface area (TPSA) is 83.1 Å². The van der Waals surface area contributed by atoms with Gasteiger partial charge in [-0.1, -0.05) is 30.3 Å². The van der Waals surface area contributed by atoms with E-state index in [0.29, 0.717) is 33.3 Å². The average molecular weight is 447 g/mol. The molecule has 3 aromatic carbocycles. The van der Waals surface area contributed by atoms with Crippen LogP contribution in [-0.2, 0) is 11.2 Å². The maximum absolute atomic E-state index is 13.4. The summed E-state index contributed by atoms with van der Waals surface area (Å²) in [7, 11) is 0. The van der Waals surface area contributed by atoms with Crippen molar-refractivity contribution in [2.24, 2.45) is 0 Å². The van der Waals surface area contributed by atoms with Crippen LogP contribution in [0.25, 0.3) is 10.6 Å². The standard InChI is InChI=1S/C24H19FN4O2S/c25-17-6-4-5-16(13-17)23-27-21(15-32-23)14-22(30)26-19-9-11-20(12-10-19)29-24(31)28-18-7-2-1-3-8-18/h1-13,15H,14H2,(H,26,30)(H2,28,29,31). The van der Waals surface area contributed by atoms with Crippen LogP contribution in [0, 0.1) is 5.82 Å². The van der Waals surface area contributed by atoms with Gasteiger partial charge in [-0.25, -0.2) is 14.2 Å². The number of benzene rings is 3. The molecule has 0 unspecified atom stereocenters. The van der Waals surface area contributed by atoms with Gasteiger partial charge in [0.05, 0.1) is 12.1 Å². The van der Waals surface area contributed by atoms with E-state index >= 15 is 0 Å². The number of rotatable bonds is 6. The average Bonchev–Trinajstić information content (AvgIpc) is 3.24. The van der Waals surface area contributed by atoms with E-state index in [-0.39, 0.29) is 24.2 Å². The molecule has 4 rings (SSSR count). The Hall–Kier alpha value is -4.04. The second-order valence-corrected chi connectivity index (χ2v) is 7.76. The number of nitrogens with zero attached hydrogens (tertiary/aromatic N) is 1. The first-order valence-corrected chi connectivity index (χ1v) is 10.7. The smallest absolute Gasteiger partial charge is 0.323 e. The normalized spacial score (nSPS) is 10.4. The fourth-order valence-electron chi connectivity index (χ4n) is 2.96. The first kappa shape index (κ1) is 21.2. The Labute approximate surface area is 188 Å². The summed E-state index contributed by atoms with van der Waals surface area (Å²) in [6.45, 7) is 0. The highest BCUT2D eigenvalue weighted by Crippen LogP contribution is 2.24. The van der Waals surface area contributed by atoms with Gasteiger partial charge >= 0.3 is 6.03 Å². The summed E-state index contributed by atoms with van der Waals surface area (Å²) in [5, 5.41) is 10.7. The van der Waals surface area contributed by atoms with Crippen molar-refractivity contribution in [1.29, 1.82) is 0 Å². The maximum Gasteiger partial charge on any atom is 0.323 e. The number of halogens is 1. The van der Waals surface area contributed by atoms with Gasteiger partial charge in [0.1, 0.15) is 10.8 Å². The Kier molecular flexibility index (Phi) is 6.52. The van der Waals surface area contributed by atoms with E-state index in [1.54, 1.807) is 53.9 Å². The Morgan fingerprint density at radius 3 is 2.16 bits per heavy atom. The number of hydrogen-bond acceptors (Lipinski definition) is 4. The van der Waals surface area contributed by atoms with Crippen molar-refractivity contribution in [2.45, 2.75) is 6.42 Å². The molecule has 0 atom stereocenters. The molecule has 4 aromatic rings. The number of aromatic nitrogens is 1. The Morgan fingerprint density at radius 2 is 1.47 bits per heavy atom. The first-order valence-electron chi connectivity index (χ1n) is 9.78. The van der Waals surface area contributed by atoms with Crippen LogP contribution in [-0.4, -0.2) is 16.9 Å². The molecule has 3 amide bonds. The third kappa shape index (κ3) is 5.77. The fourth-order valence-corrected chi connectivity index (χ4v) is 3.78. The van der Waals surface area contributed by atoms with Gasteiger partial charge in [0, 0.05) is 28.0 Å². The van der Waals surface area contributed by atoms with Gasteiger partial charge in [-0.3, -0.25) is 4.79 Å². The zero-order valence-electron chi connectivity index (χ0n) is 16.8. The van der Waals surface area contributed by atoms with Crippen LogP contribution < -0.4 is 16.0 Å². The molecule has 160 valence electrons. The molecule has 0 fully saturated rings. The van der Waals surface area contributed by atoms with E-state index in [1.807, 2.05) is 18.2 Å². The van der Waals surface area contributed by atoms with Crippen molar-refractivity contribution >= 4 is 40.3 Å².